The van der Waals surface area contributed by atoms with Crippen molar-refractivity contribution in [2.75, 3.05) is 5.32 Å². The van der Waals surface area contributed by atoms with Gasteiger partial charge < -0.3 is 10.4 Å². The summed E-state index contributed by atoms with van der Waals surface area (Å²) in [5.41, 5.74) is 1.59. The summed E-state index contributed by atoms with van der Waals surface area (Å²) in [6, 6.07) is 11.1. The van der Waals surface area contributed by atoms with Crippen molar-refractivity contribution in [3.8, 4) is 5.75 Å². The van der Waals surface area contributed by atoms with Crippen molar-refractivity contribution in [3.05, 3.63) is 58.9 Å². The maximum Gasteiger partial charge on any atom is 0.124 e. The van der Waals surface area contributed by atoms with Crippen LogP contribution in [-0.2, 0) is 6.54 Å². The van der Waals surface area contributed by atoms with E-state index in [-0.39, 0.29) is 11.6 Å². The Kier molecular flexibility index (Phi) is 3.49. The normalized spacial score (nSPS) is 10.2. The van der Waals surface area contributed by atoms with Crippen molar-refractivity contribution in [2.24, 2.45) is 0 Å². The van der Waals surface area contributed by atoms with Crippen molar-refractivity contribution < 1.29 is 9.50 Å². The minimum Gasteiger partial charge on any atom is -0.508 e. The molecule has 0 bridgehead atoms. The predicted molar refractivity (Wildman–Crippen MR) is 66.8 cm³/mol. The minimum atomic E-state index is -0.363. The van der Waals surface area contributed by atoms with Gasteiger partial charge in [-0.1, -0.05) is 23.7 Å². The fourth-order valence-corrected chi connectivity index (χ4v) is 1.73. The fourth-order valence-electron chi connectivity index (χ4n) is 1.50. The second-order valence-electron chi connectivity index (χ2n) is 3.65. The van der Waals surface area contributed by atoms with Crippen LogP contribution in [0.4, 0.5) is 10.1 Å². The molecule has 0 aromatic heterocycles. The van der Waals surface area contributed by atoms with Gasteiger partial charge in [-0.3, -0.25) is 0 Å². The Bertz CT molecular complexity index is 531. The molecule has 0 fully saturated rings. The SMILES string of the molecule is Oc1cccc(CNc2ccc(F)cc2Cl)c1. The third-order valence-corrected chi connectivity index (χ3v) is 2.64. The zero-order chi connectivity index (χ0) is 12.3. The van der Waals surface area contributed by atoms with Crippen LogP contribution in [0.1, 0.15) is 5.56 Å². The van der Waals surface area contributed by atoms with Gasteiger partial charge in [0.05, 0.1) is 10.7 Å². The molecule has 2 N–H and O–H groups in total. The van der Waals surface area contributed by atoms with Gasteiger partial charge in [-0.05, 0) is 35.9 Å². The summed E-state index contributed by atoms with van der Waals surface area (Å²) in [5, 5.41) is 12.7. The Morgan fingerprint density at radius 3 is 2.71 bits per heavy atom. The van der Waals surface area contributed by atoms with E-state index in [1.165, 1.54) is 12.1 Å². The molecule has 88 valence electrons. The van der Waals surface area contributed by atoms with Gasteiger partial charge in [0.25, 0.3) is 0 Å². The number of phenols is 1. The van der Waals surface area contributed by atoms with Crippen LogP contribution in [0.15, 0.2) is 42.5 Å². The van der Waals surface area contributed by atoms with Crippen LogP contribution in [0.25, 0.3) is 0 Å². The van der Waals surface area contributed by atoms with Gasteiger partial charge in [0.1, 0.15) is 11.6 Å². The Labute approximate surface area is 104 Å². The molecule has 0 saturated carbocycles. The number of anilines is 1. The third kappa shape index (κ3) is 3.11. The lowest BCUT2D eigenvalue weighted by atomic mass is 10.2. The zero-order valence-electron chi connectivity index (χ0n) is 8.95. The van der Waals surface area contributed by atoms with Crippen LogP contribution in [0.3, 0.4) is 0 Å². The van der Waals surface area contributed by atoms with Gasteiger partial charge in [-0.15, -0.1) is 0 Å². The third-order valence-electron chi connectivity index (χ3n) is 2.32. The van der Waals surface area contributed by atoms with E-state index in [0.717, 1.165) is 5.56 Å². The van der Waals surface area contributed by atoms with E-state index in [0.29, 0.717) is 17.3 Å². The first-order valence-corrected chi connectivity index (χ1v) is 5.50. The second-order valence-corrected chi connectivity index (χ2v) is 4.05. The molecule has 0 aliphatic heterocycles. The van der Waals surface area contributed by atoms with Gasteiger partial charge in [0.15, 0.2) is 0 Å². The first-order valence-electron chi connectivity index (χ1n) is 5.12. The maximum atomic E-state index is 12.8. The highest BCUT2D eigenvalue weighted by molar-refractivity contribution is 6.33. The van der Waals surface area contributed by atoms with Crippen LogP contribution >= 0.6 is 11.6 Å². The fraction of sp³-hybridized carbons (Fsp3) is 0.0769. The molecule has 17 heavy (non-hydrogen) atoms. The molecule has 0 amide bonds. The van der Waals surface area contributed by atoms with Crippen LogP contribution in [0.2, 0.25) is 5.02 Å². The molecule has 0 saturated heterocycles. The molecular weight excluding hydrogens is 241 g/mol. The number of aromatic hydroxyl groups is 1. The lowest BCUT2D eigenvalue weighted by Gasteiger charge is -2.08. The van der Waals surface area contributed by atoms with E-state index in [4.69, 9.17) is 11.6 Å². The molecule has 2 nitrogen and oxygen atoms in total. The maximum absolute atomic E-state index is 12.8. The molecule has 0 aliphatic carbocycles. The largest absolute Gasteiger partial charge is 0.508 e. The summed E-state index contributed by atoms with van der Waals surface area (Å²) in [7, 11) is 0. The van der Waals surface area contributed by atoms with E-state index in [9.17, 15) is 9.50 Å². The Balaban J connectivity index is 2.07. The summed E-state index contributed by atoms with van der Waals surface area (Å²) in [5.74, 6) is -0.146. The summed E-state index contributed by atoms with van der Waals surface area (Å²) in [4.78, 5) is 0. The highest BCUT2D eigenvalue weighted by Crippen LogP contribution is 2.23. The number of nitrogens with one attached hydrogen (secondary N) is 1. The zero-order valence-corrected chi connectivity index (χ0v) is 9.71. The monoisotopic (exact) mass is 251 g/mol. The van der Waals surface area contributed by atoms with E-state index in [1.807, 2.05) is 6.07 Å². The van der Waals surface area contributed by atoms with Gasteiger partial charge in [0.2, 0.25) is 0 Å². The topological polar surface area (TPSA) is 32.3 Å². The molecule has 0 atom stereocenters. The lowest BCUT2D eigenvalue weighted by Crippen LogP contribution is -1.99. The molecular formula is C13H11ClFNO. The number of hydrogen-bond donors (Lipinski definition) is 2. The number of rotatable bonds is 3. The van der Waals surface area contributed by atoms with Gasteiger partial charge in [0, 0.05) is 6.54 Å². The average molecular weight is 252 g/mol. The molecule has 2 aromatic carbocycles. The standard InChI is InChI=1S/C13H11ClFNO/c14-12-7-10(15)4-5-13(12)16-8-9-2-1-3-11(17)6-9/h1-7,16-17H,8H2. The van der Waals surface area contributed by atoms with E-state index < -0.39 is 0 Å². The lowest BCUT2D eigenvalue weighted by molar-refractivity contribution is 0.474. The highest BCUT2D eigenvalue weighted by atomic mass is 35.5. The molecule has 2 rings (SSSR count). The number of halogens is 2. The van der Waals surface area contributed by atoms with Gasteiger partial charge in [-0.2, -0.15) is 0 Å². The van der Waals surface area contributed by atoms with Gasteiger partial charge >= 0.3 is 0 Å². The van der Waals surface area contributed by atoms with E-state index in [2.05, 4.69) is 5.32 Å². The van der Waals surface area contributed by atoms with Gasteiger partial charge in [-0.25, -0.2) is 4.39 Å². The quantitative estimate of drug-likeness (QED) is 0.870. The van der Waals surface area contributed by atoms with E-state index in [1.54, 1.807) is 24.3 Å². The summed E-state index contributed by atoms with van der Waals surface area (Å²) < 4.78 is 12.8. The van der Waals surface area contributed by atoms with Crippen LogP contribution in [0, 0.1) is 5.82 Å². The van der Waals surface area contributed by atoms with Crippen LogP contribution in [0.5, 0.6) is 5.75 Å². The van der Waals surface area contributed by atoms with E-state index >= 15 is 0 Å². The smallest absolute Gasteiger partial charge is 0.124 e. The molecule has 0 spiro atoms. The molecule has 0 radical (unpaired) electrons. The average Bonchev–Trinajstić information content (AvgIpc) is 2.28. The Morgan fingerprint density at radius 1 is 1.18 bits per heavy atom. The van der Waals surface area contributed by atoms with Crippen LogP contribution < -0.4 is 5.32 Å². The van der Waals surface area contributed by atoms with Crippen molar-refractivity contribution in [1.29, 1.82) is 0 Å². The number of phenolic OH excluding ortho intramolecular Hbond substituents is 1. The first-order chi connectivity index (χ1) is 8.15. The molecule has 0 aliphatic rings. The van der Waals surface area contributed by atoms with Crippen molar-refractivity contribution in [1.82, 2.24) is 0 Å². The van der Waals surface area contributed by atoms with Crippen molar-refractivity contribution >= 4 is 17.3 Å². The Hall–Kier alpha value is -1.74. The summed E-state index contributed by atoms with van der Waals surface area (Å²) in [6.45, 7) is 0.514. The van der Waals surface area contributed by atoms with Crippen LogP contribution in [-0.4, -0.2) is 5.11 Å². The first kappa shape index (κ1) is 11.7. The molecule has 0 unspecified atom stereocenters. The van der Waals surface area contributed by atoms with Crippen molar-refractivity contribution in [2.45, 2.75) is 6.54 Å². The summed E-state index contributed by atoms with van der Waals surface area (Å²) >= 11 is 5.88. The predicted octanol–water partition coefficient (Wildman–Crippen LogP) is 3.80. The minimum absolute atomic E-state index is 0.217. The highest BCUT2D eigenvalue weighted by Gasteiger charge is 2.01. The molecule has 2 aromatic rings. The Morgan fingerprint density at radius 2 is 2.00 bits per heavy atom. The molecule has 0 heterocycles. The summed E-state index contributed by atoms with van der Waals surface area (Å²) in [6.07, 6.45) is 0. The number of hydrogen-bond acceptors (Lipinski definition) is 2. The molecule has 4 heteroatoms. The second kappa shape index (κ2) is 5.06. The number of benzene rings is 2. The van der Waals surface area contributed by atoms with Crippen molar-refractivity contribution in [3.63, 3.8) is 0 Å².